The third-order valence-electron chi connectivity index (χ3n) is 5.07. The second-order valence-corrected chi connectivity index (χ2v) is 7.13. The van der Waals surface area contributed by atoms with Gasteiger partial charge in [-0.2, -0.15) is 5.10 Å². The molecule has 3 heterocycles. The van der Waals surface area contributed by atoms with Crippen molar-refractivity contribution < 1.29 is 9.59 Å². The first-order valence-corrected chi connectivity index (χ1v) is 10.0. The topological polar surface area (TPSA) is 92.2 Å². The zero-order valence-corrected chi connectivity index (χ0v) is 16.8. The molecule has 8 heteroatoms. The van der Waals surface area contributed by atoms with Crippen molar-refractivity contribution in [2.24, 2.45) is 0 Å². The Hall–Kier alpha value is -3.68. The van der Waals surface area contributed by atoms with Crippen LogP contribution in [0.5, 0.6) is 0 Å². The molecule has 2 N–H and O–H groups in total. The van der Waals surface area contributed by atoms with Crippen LogP contribution < -0.4 is 15.5 Å². The fourth-order valence-corrected chi connectivity index (χ4v) is 3.55. The van der Waals surface area contributed by atoms with Gasteiger partial charge in [-0.15, -0.1) is 0 Å². The van der Waals surface area contributed by atoms with E-state index < -0.39 is 0 Å². The second-order valence-electron chi connectivity index (χ2n) is 7.13. The molecule has 0 atom stereocenters. The van der Waals surface area contributed by atoms with Crippen molar-refractivity contribution >= 4 is 23.3 Å². The van der Waals surface area contributed by atoms with Gasteiger partial charge in [-0.1, -0.05) is 37.3 Å². The van der Waals surface area contributed by atoms with E-state index in [2.05, 4.69) is 20.7 Å². The number of pyridine rings is 1. The number of carbonyl (C=O) groups is 2. The van der Waals surface area contributed by atoms with Gasteiger partial charge in [-0.25, -0.2) is 4.98 Å². The molecule has 3 aromatic rings. The lowest BCUT2D eigenvalue weighted by atomic mass is 10.1. The number of benzene rings is 1. The van der Waals surface area contributed by atoms with Crippen LogP contribution in [0.4, 0.5) is 11.5 Å². The number of carbonyl (C=O) groups excluding carboxylic acids is 2. The molecule has 2 aromatic heterocycles. The standard InChI is InChI=1S/C22H24N6O2/c1-2-19-18(13-25-28(19)14-16-6-4-3-5-7-16)22(30)26-17-8-9-20(24-12-17)27-11-10-23-21(29)15-27/h3-9,12-13H,2,10-11,14-15H2,1H3,(H,23,29)(H,26,30). The van der Waals surface area contributed by atoms with Crippen LogP contribution in [0, 0.1) is 0 Å². The molecular weight excluding hydrogens is 380 g/mol. The lowest BCUT2D eigenvalue weighted by molar-refractivity contribution is -0.120. The van der Waals surface area contributed by atoms with Crippen molar-refractivity contribution in [2.75, 3.05) is 29.9 Å². The molecule has 0 unspecified atom stereocenters. The van der Waals surface area contributed by atoms with E-state index in [1.807, 2.05) is 52.9 Å². The SMILES string of the molecule is CCc1c(C(=O)Nc2ccc(N3CCNC(=O)C3)nc2)cnn1Cc1ccccc1. The van der Waals surface area contributed by atoms with Crippen molar-refractivity contribution in [3.63, 3.8) is 0 Å². The Morgan fingerprint density at radius 3 is 2.70 bits per heavy atom. The molecule has 1 fully saturated rings. The number of rotatable bonds is 6. The molecule has 4 rings (SSSR count). The molecule has 154 valence electrons. The molecule has 1 saturated heterocycles. The third-order valence-corrected chi connectivity index (χ3v) is 5.07. The highest BCUT2D eigenvalue weighted by Gasteiger charge is 2.19. The number of nitrogens with zero attached hydrogens (tertiary/aromatic N) is 4. The molecule has 1 aliphatic heterocycles. The summed E-state index contributed by atoms with van der Waals surface area (Å²) in [5, 5.41) is 10.1. The monoisotopic (exact) mass is 404 g/mol. The van der Waals surface area contributed by atoms with E-state index in [9.17, 15) is 9.59 Å². The van der Waals surface area contributed by atoms with Gasteiger partial charge in [0.05, 0.1) is 42.4 Å². The number of anilines is 2. The highest BCUT2D eigenvalue weighted by molar-refractivity contribution is 6.04. The van der Waals surface area contributed by atoms with E-state index in [0.717, 1.165) is 11.3 Å². The van der Waals surface area contributed by atoms with Crippen LogP contribution >= 0.6 is 0 Å². The van der Waals surface area contributed by atoms with E-state index in [1.54, 1.807) is 18.5 Å². The predicted molar refractivity (Wildman–Crippen MR) is 115 cm³/mol. The number of hydrogen-bond acceptors (Lipinski definition) is 5. The zero-order chi connectivity index (χ0) is 20.9. The normalized spacial score (nSPS) is 13.8. The quantitative estimate of drug-likeness (QED) is 0.656. The first-order chi connectivity index (χ1) is 14.6. The van der Waals surface area contributed by atoms with Gasteiger partial charge in [0.1, 0.15) is 5.82 Å². The van der Waals surface area contributed by atoms with Gasteiger partial charge in [0.25, 0.3) is 5.91 Å². The third kappa shape index (κ3) is 4.32. The summed E-state index contributed by atoms with van der Waals surface area (Å²) < 4.78 is 1.87. The van der Waals surface area contributed by atoms with Gasteiger partial charge < -0.3 is 15.5 Å². The summed E-state index contributed by atoms with van der Waals surface area (Å²) in [4.78, 5) is 30.7. The highest BCUT2D eigenvalue weighted by Crippen LogP contribution is 2.18. The first-order valence-electron chi connectivity index (χ1n) is 10.0. The summed E-state index contributed by atoms with van der Waals surface area (Å²) in [5.74, 6) is 0.492. The fraction of sp³-hybridized carbons (Fsp3) is 0.273. The van der Waals surface area contributed by atoms with Gasteiger partial charge in [0.2, 0.25) is 5.91 Å². The molecule has 2 amide bonds. The highest BCUT2D eigenvalue weighted by atomic mass is 16.2. The first kappa shape index (κ1) is 19.6. The van der Waals surface area contributed by atoms with Crippen molar-refractivity contribution in [1.29, 1.82) is 0 Å². The van der Waals surface area contributed by atoms with Crippen molar-refractivity contribution in [2.45, 2.75) is 19.9 Å². The van der Waals surface area contributed by atoms with Crippen LogP contribution in [0.1, 0.15) is 28.5 Å². The summed E-state index contributed by atoms with van der Waals surface area (Å²) in [6.45, 7) is 4.24. The van der Waals surface area contributed by atoms with Gasteiger partial charge in [0, 0.05) is 13.1 Å². The Bertz CT molecular complexity index is 1030. The summed E-state index contributed by atoms with van der Waals surface area (Å²) in [7, 11) is 0. The second kappa shape index (κ2) is 8.77. The van der Waals surface area contributed by atoms with Gasteiger partial charge in [-0.3, -0.25) is 14.3 Å². The number of amides is 2. The van der Waals surface area contributed by atoms with E-state index in [-0.39, 0.29) is 11.8 Å². The Morgan fingerprint density at radius 2 is 2.00 bits per heavy atom. The Balaban J connectivity index is 1.45. The van der Waals surface area contributed by atoms with Gasteiger partial charge in [0.15, 0.2) is 0 Å². The van der Waals surface area contributed by atoms with E-state index in [1.165, 1.54) is 0 Å². The average molecular weight is 404 g/mol. The largest absolute Gasteiger partial charge is 0.353 e. The van der Waals surface area contributed by atoms with Crippen LogP contribution in [0.25, 0.3) is 0 Å². The smallest absolute Gasteiger partial charge is 0.259 e. The maximum atomic E-state index is 12.8. The molecular formula is C22H24N6O2. The summed E-state index contributed by atoms with van der Waals surface area (Å²) in [6.07, 6.45) is 3.93. The zero-order valence-electron chi connectivity index (χ0n) is 16.8. The summed E-state index contributed by atoms with van der Waals surface area (Å²) in [6, 6.07) is 13.7. The van der Waals surface area contributed by atoms with E-state index in [0.29, 0.717) is 49.7 Å². The Labute approximate surface area is 174 Å². The Morgan fingerprint density at radius 1 is 1.17 bits per heavy atom. The van der Waals surface area contributed by atoms with Crippen molar-refractivity contribution in [1.82, 2.24) is 20.1 Å². The average Bonchev–Trinajstić information content (AvgIpc) is 3.17. The Kier molecular flexibility index (Phi) is 5.74. The summed E-state index contributed by atoms with van der Waals surface area (Å²) in [5.41, 5.74) is 3.18. The maximum Gasteiger partial charge on any atom is 0.259 e. The molecule has 0 bridgehead atoms. The van der Waals surface area contributed by atoms with Crippen LogP contribution in [0.2, 0.25) is 0 Å². The van der Waals surface area contributed by atoms with Crippen LogP contribution in [-0.2, 0) is 17.8 Å². The number of piperazine rings is 1. The van der Waals surface area contributed by atoms with Gasteiger partial charge >= 0.3 is 0 Å². The molecule has 0 saturated carbocycles. The lowest BCUT2D eigenvalue weighted by Gasteiger charge is -2.27. The molecule has 0 spiro atoms. The van der Waals surface area contributed by atoms with Crippen LogP contribution in [0.15, 0.2) is 54.9 Å². The number of nitrogens with one attached hydrogen (secondary N) is 2. The summed E-state index contributed by atoms with van der Waals surface area (Å²) >= 11 is 0. The van der Waals surface area contributed by atoms with Crippen molar-refractivity contribution in [3.05, 3.63) is 71.7 Å². The number of aromatic nitrogens is 3. The molecule has 30 heavy (non-hydrogen) atoms. The van der Waals surface area contributed by atoms with E-state index >= 15 is 0 Å². The van der Waals surface area contributed by atoms with Crippen molar-refractivity contribution in [3.8, 4) is 0 Å². The lowest BCUT2D eigenvalue weighted by Crippen LogP contribution is -2.48. The molecule has 0 radical (unpaired) electrons. The minimum absolute atomic E-state index is 0.0139. The predicted octanol–water partition coefficient (Wildman–Crippen LogP) is 2.08. The molecule has 1 aliphatic rings. The maximum absolute atomic E-state index is 12.8. The molecule has 0 aliphatic carbocycles. The van der Waals surface area contributed by atoms with Gasteiger partial charge in [-0.05, 0) is 24.1 Å². The van der Waals surface area contributed by atoms with Crippen LogP contribution in [-0.4, -0.2) is 46.2 Å². The minimum Gasteiger partial charge on any atom is -0.353 e. The number of hydrogen-bond donors (Lipinski definition) is 2. The van der Waals surface area contributed by atoms with E-state index in [4.69, 9.17) is 0 Å². The molecule has 8 nitrogen and oxygen atoms in total. The fourth-order valence-electron chi connectivity index (χ4n) is 3.55. The molecule has 1 aromatic carbocycles. The minimum atomic E-state index is -0.210. The van der Waals surface area contributed by atoms with Crippen LogP contribution in [0.3, 0.4) is 0 Å².